The SMILES string of the molecule is CCCCCCCCCCCCCCCCCC(=O)[O-].CCCCCCCCCCCCCCCCCC(=O)[O-].C[CH-]C.O.[Al+3].[OH-].[OH-].[Zn+2]. The minimum Gasteiger partial charge on any atom is -0.870 e. The van der Waals surface area contributed by atoms with E-state index in [9.17, 15) is 19.8 Å². The van der Waals surface area contributed by atoms with Crippen molar-refractivity contribution in [1.29, 1.82) is 0 Å². The number of carboxylic acid groups (broad SMARTS) is 2. The Morgan fingerprint density at radius 3 is 0.646 bits per heavy atom. The first-order valence-corrected chi connectivity index (χ1v) is 19.1. The van der Waals surface area contributed by atoms with Gasteiger partial charge in [-0.25, -0.2) is 0 Å². The quantitative estimate of drug-likeness (QED) is 0.0376. The normalized spacial score (nSPS) is 9.42. The van der Waals surface area contributed by atoms with Gasteiger partial charge in [0.25, 0.3) is 0 Å². The zero-order valence-corrected chi connectivity index (χ0v) is 36.6. The van der Waals surface area contributed by atoms with Gasteiger partial charge in [0.2, 0.25) is 0 Å². The summed E-state index contributed by atoms with van der Waals surface area (Å²) in [6.07, 6.45) is 41.7. The molecule has 48 heavy (non-hydrogen) atoms. The third kappa shape index (κ3) is 80.6. The molecule has 0 bridgehead atoms. The average Bonchev–Trinajstić information content (AvgIpc) is 2.97. The van der Waals surface area contributed by atoms with Crippen LogP contribution >= 0.6 is 0 Å². The van der Waals surface area contributed by atoms with Crippen LogP contribution in [-0.4, -0.2) is 45.7 Å². The van der Waals surface area contributed by atoms with Crippen LogP contribution in [0.15, 0.2) is 0 Å². The second kappa shape index (κ2) is 65.4. The first-order valence-electron chi connectivity index (χ1n) is 19.1. The standard InChI is InChI=1S/2C18H36O2.C3H7.Al.3H2O.Zn/c2*1-2-3-4-5-6-7-8-9-10-11-12-13-14-15-16-17-18(19)20;1-3-2;;;;;/h2*2-17H2,1H3,(H,19,20);3H,1-2H3;;3*1H2;/q;;-1;+3;;;;+2/p-4. The molecule has 0 unspecified atom stereocenters. The van der Waals surface area contributed by atoms with Gasteiger partial charge in [0.15, 0.2) is 0 Å². The van der Waals surface area contributed by atoms with Gasteiger partial charge in [-0.1, -0.05) is 194 Å². The van der Waals surface area contributed by atoms with E-state index in [0.29, 0.717) is 0 Å². The smallest absolute Gasteiger partial charge is 0.870 e. The topological polar surface area (TPSA) is 172 Å². The van der Waals surface area contributed by atoms with Crippen molar-refractivity contribution in [1.82, 2.24) is 0 Å². The fraction of sp³-hybridized carbons (Fsp3) is 0.923. The predicted octanol–water partition coefficient (Wildman–Crippen LogP) is 9.66. The van der Waals surface area contributed by atoms with Gasteiger partial charge in [0.1, 0.15) is 0 Å². The Bertz CT molecular complexity index is 485. The first-order chi connectivity index (χ1) is 21.0. The Hall–Kier alpha value is -0.0242. The van der Waals surface area contributed by atoms with Crippen molar-refractivity contribution in [2.45, 2.75) is 233 Å². The Labute approximate surface area is 323 Å². The second-order valence-corrected chi connectivity index (χ2v) is 12.7. The first kappa shape index (κ1) is 66.2. The van der Waals surface area contributed by atoms with Gasteiger partial charge in [0, 0.05) is 11.9 Å². The molecule has 0 heterocycles. The predicted molar refractivity (Wildman–Crippen MR) is 198 cm³/mol. The van der Waals surface area contributed by atoms with Gasteiger partial charge in [-0.15, -0.1) is 0 Å². The summed E-state index contributed by atoms with van der Waals surface area (Å²) in [6, 6.07) is 0. The van der Waals surface area contributed by atoms with Crippen molar-refractivity contribution in [3.8, 4) is 0 Å². The van der Waals surface area contributed by atoms with E-state index in [2.05, 4.69) is 13.8 Å². The molecular formula is C39H81AlO7Zn. The van der Waals surface area contributed by atoms with Crippen LogP contribution in [0.1, 0.15) is 233 Å². The Kier molecular flexibility index (Phi) is 90.2. The van der Waals surface area contributed by atoms with Gasteiger partial charge in [-0.2, -0.15) is 13.8 Å². The van der Waals surface area contributed by atoms with Crippen LogP contribution < -0.4 is 10.2 Å². The van der Waals surface area contributed by atoms with Crippen molar-refractivity contribution in [3.05, 3.63) is 6.42 Å². The Morgan fingerprint density at radius 1 is 0.396 bits per heavy atom. The molecule has 0 aliphatic carbocycles. The number of rotatable bonds is 32. The van der Waals surface area contributed by atoms with Crippen LogP contribution in [0.3, 0.4) is 0 Å². The summed E-state index contributed by atoms with van der Waals surface area (Å²) in [5.41, 5.74) is 0. The molecule has 0 aromatic heterocycles. The monoisotopic (exact) mass is 753 g/mol. The van der Waals surface area contributed by atoms with E-state index in [1.54, 1.807) is 0 Å². The summed E-state index contributed by atoms with van der Waals surface area (Å²) in [7, 11) is 0. The summed E-state index contributed by atoms with van der Waals surface area (Å²) >= 11 is 0. The van der Waals surface area contributed by atoms with E-state index in [-0.39, 0.29) is 66.1 Å². The molecule has 0 fully saturated rings. The zero-order valence-electron chi connectivity index (χ0n) is 32.5. The minimum atomic E-state index is -0.903. The zero-order chi connectivity index (χ0) is 32.5. The Balaban J connectivity index is -0.0000000934. The van der Waals surface area contributed by atoms with Crippen LogP contribution in [0.25, 0.3) is 0 Å². The fourth-order valence-electron chi connectivity index (χ4n) is 5.28. The van der Waals surface area contributed by atoms with Crippen LogP contribution in [0, 0.1) is 6.42 Å². The van der Waals surface area contributed by atoms with E-state index in [4.69, 9.17) is 0 Å². The van der Waals surface area contributed by atoms with Gasteiger partial charge in [-0.3, -0.25) is 0 Å². The van der Waals surface area contributed by atoms with Crippen molar-refractivity contribution < 1.29 is 55.7 Å². The molecule has 4 N–H and O–H groups in total. The molecule has 0 atom stereocenters. The molecule has 0 aliphatic heterocycles. The van der Waals surface area contributed by atoms with Crippen LogP contribution in [-0.2, 0) is 29.1 Å². The number of hydrogen-bond acceptors (Lipinski definition) is 6. The van der Waals surface area contributed by atoms with Crippen molar-refractivity contribution >= 4 is 29.3 Å². The summed E-state index contributed by atoms with van der Waals surface area (Å²) < 4.78 is 0. The molecule has 0 radical (unpaired) electrons. The maximum Gasteiger partial charge on any atom is 3.00 e. The maximum atomic E-state index is 10.2. The number of unbranched alkanes of at least 4 members (excludes halogenated alkanes) is 28. The second-order valence-electron chi connectivity index (χ2n) is 12.7. The number of carbonyl (C=O) groups is 2. The third-order valence-electron chi connectivity index (χ3n) is 7.97. The van der Waals surface area contributed by atoms with E-state index in [1.807, 2.05) is 20.3 Å². The number of carbonyl (C=O) groups excluding carboxylic acids is 2. The molecular weight excluding hydrogens is 673 g/mol. The van der Waals surface area contributed by atoms with Crippen LogP contribution in [0.5, 0.6) is 0 Å². The van der Waals surface area contributed by atoms with Crippen LogP contribution in [0.2, 0.25) is 0 Å². The number of carboxylic acids is 2. The molecule has 0 saturated heterocycles. The van der Waals surface area contributed by atoms with E-state index in [1.165, 1.54) is 167 Å². The largest absolute Gasteiger partial charge is 3.00 e. The third-order valence-corrected chi connectivity index (χ3v) is 7.97. The van der Waals surface area contributed by atoms with Crippen LogP contribution in [0.4, 0.5) is 0 Å². The van der Waals surface area contributed by atoms with E-state index < -0.39 is 11.9 Å². The van der Waals surface area contributed by atoms with Crippen molar-refractivity contribution in [2.75, 3.05) is 0 Å². The fourth-order valence-corrected chi connectivity index (χ4v) is 5.28. The molecule has 0 spiro atoms. The van der Waals surface area contributed by atoms with E-state index in [0.717, 1.165) is 25.7 Å². The molecule has 0 saturated carbocycles. The molecule has 0 aromatic rings. The number of hydrogen-bond donors (Lipinski definition) is 0. The molecule has 0 rings (SSSR count). The maximum absolute atomic E-state index is 10.2. The van der Waals surface area contributed by atoms with Gasteiger partial charge < -0.3 is 42.7 Å². The summed E-state index contributed by atoms with van der Waals surface area (Å²) in [5, 5.41) is 20.4. The number of aliphatic carboxylic acids is 2. The molecule has 0 amide bonds. The minimum absolute atomic E-state index is 0. The van der Waals surface area contributed by atoms with Gasteiger partial charge >= 0.3 is 36.8 Å². The molecule has 7 nitrogen and oxygen atoms in total. The molecule has 0 aliphatic rings. The molecule has 9 heteroatoms. The van der Waals surface area contributed by atoms with Crippen molar-refractivity contribution in [3.63, 3.8) is 0 Å². The van der Waals surface area contributed by atoms with Crippen molar-refractivity contribution in [2.24, 2.45) is 0 Å². The molecule has 284 valence electrons. The van der Waals surface area contributed by atoms with E-state index >= 15 is 0 Å². The summed E-state index contributed by atoms with van der Waals surface area (Å²) in [5.74, 6) is -1.81. The summed E-state index contributed by atoms with van der Waals surface area (Å²) in [4.78, 5) is 20.4. The average molecular weight is 754 g/mol. The van der Waals surface area contributed by atoms with Gasteiger partial charge in [-0.05, 0) is 25.7 Å². The molecule has 0 aromatic carbocycles. The van der Waals surface area contributed by atoms with Gasteiger partial charge in [0.05, 0.1) is 0 Å². The summed E-state index contributed by atoms with van der Waals surface area (Å²) in [6.45, 7) is 8.53. The Morgan fingerprint density at radius 2 is 0.521 bits per heavy atom.